The molecule has 4 heterocycles. The number of anilines is 2. The van der Waals surface area contributed by atoms with E-state index in [2.05, 4.69) is 30.3 Å². The van der Waals surface area contributed by atoms with E-state index in [9.17, 15) is 22.8 Å². The topological polar surface area (TPSA) is 123 Å². The van der Waals surface area contributed by atoms with Gasteiger partial charge >= 0.3 is 6.36 Å². The van der Waals surface area contributed by atoms with Gasteiger partial charge in [0.15, 0.2) is 10.8 Å². The molecule has 0 saturated carbocycles. The fourth-order valence-corrected chi connectivity index (χ4v) is 4.63. The Hall–Kier alpha value is -3.98. The number of carbonyl (C=O) groups excluding carboxylic acids is 2. The second kappa shape index (κ2) is 9.82. The van der Waals surface area contributed by atoms with Crippen LogP contribution in [0.3, 0.4) is 0 Å². The van der Waals surface area contributed by atoms with Gasteiger partial charge in [0.25, 0.3) is 5.91 Å². The Morgan fingerprint density at radius 3 is 2.70 bits per heavy atom. The van der Waals surface area contributed by atoms with Crippen LogP contribution in [0, 0.1) is 0 Å². The van der Waals surface area contributed by atoms with Crippen molar-refractivity contribution in [3.63, 3.8) is 0 Å². The monoisotopic (exact) mass is 535 g/mol. The number of nitrogens with zero attached hydrogens (tertiary/aromatic N) is 5. The SMILES string of the molecule is Cn1c(Nc2nc3ccc(OC(F)(F)F)cc3s2)nc2cc(C(=O)NCC(=O)N3CCOCC3)cnc21. The predicted molar refractivity (Wildman–Crippen MR) is 128 cm³/mol. The minimum Gasteiger partial charge on any atom is -0.406 e. The molecule has 5 rings (SSSR count). The summed E-state index contributed by atoms with van der Waals surface area (Å²) in [5.41, 5.74) is 1.65. The maximum Gasteiger partial charge on any atom is 0.573 e. The third kappa shape index (κ3) is 5.56. The minimum absolute atomic E-state index is 0.140. The average molecular weight is 536 g/mol. The summed E-state index contributed by atoms with van der Waals surface area (Å²) in [6, 6.07) is 5.45. The van der Waals surface area contributed by atoms with Crippen LogP contribution in [0.2, 0.25) is 0 Å². The third-order valence-electron chi connectivity index (χ3n) is 5.55. The van der Waals surface area contributed by atoms with Crippen molar-refractivity contribution in [1.82, 2.24) is 29.7 Å². The summed E-state index contributed by atoms with van der Waals surface area (Å²) in [5, 5.41) is 6.04. The number of nitrogens with one attached hydrogen (secondary N) is 2. The highest BCUT2D eigenvalue weighted by atomic mass is 32.1. The summed E-state index contributed by atoms with van der Waals surface area (Å²) >= 11 is 1.13. The largest absolute Gasteiger partial charge is 0.573 e. The lowest BCUT2D eigenvalue weighted by molar-refractivity contribution is -0.274. The highest BCUT2D eigenvalue weighted by Gasteiger charge is 2.31. The number of hydrogen-bond acceptors (Lipinski definition) is 9. The van der Waals surface area contributed by atoms with Crippen LogP contribution in [0.1, 0.15) is 10.4 Å². The minimum atomic E-state index is -4.78. The molecule has 1 aliphatic rings. The van der Waals surface area contributed by atoms with E-state index < -0.39 is 12.3 Å². The number of pyridine rings is 1. The molecule has 1 aliphatic heterocycles. The first-order valence-electron chi connectivity index (χ1n) is 11.1. The van der Waals surface area contributed by atoms with Gasteiger partial charge in [0.1, 0.15) is 11.3 Å². The van der Waals surface area contributed by atoms with Crippen molar-refractivity contribution in [2.45, 2.75) is 6.36 Å². The zero-order valence-electron chi connectivity index (χ0n) is 19.3. The fourth-order valence-electron chi connectivity index (χ4n) is 3.75. The van der Waals surface area contributed by atoms with E-state index in [-0.39, 0.29) is 23.8 Å². The summed E-state index contributed by atoms with van der Waals surface area (Å²) < 4.78 is 48.8. The van der Waals surface area contributed by atoms with Crippen molar-refractivity contribution < 1.29 is 32.2 Å². The summed E-state index contributed by atoms with van der Waals surface area (Å²) in [6.45, 7) is 1.78. The number of thiazole rings is 1. The van der Waals surface area contributed by atoms with Gasteiger partial charge in [0.05, 0.1) is 35.5 Å². The highest BCUT2D eigenvalue weighted by molar-refractivity contribution is 7.22. The van der Waals surface area contributed by atoms with Crippen molar-refractivity contribution in [2.75, 3.05) is 38.2 Å². The normalized spacial score (nSPS) is 14.2. The van der Waals surface area contributed by atoms with E-state index in [0.717, 1.165) is 11.3 Å². The number of fused-ring (bicyclic) bond motifs is 2. The third-order valence-corrected chi connectivity index (χ3v) is 6.48. The van der Waals surface area contributed by atoms with Crippen LogP contribution in [0.15, 0.2) is 30.5 Å². The smallest absolute Gasteiger partial charge is 0.406 e. The van der Waals surface area contributed by atoms with Crippen LogP contribution in [-0.2, 0) is 16.6 Å². The predicted octanol–water partition coefficient (Wildman–Crippen LogP) is 2.81. The summed E-state index contributed by atoms with van der Waals surface area (Å²) in [6.07, 6.45) is -3.39. The molecule has 0 aliphatic carbocycles. The number of rotatable bonds is 6. The van der Waals surface area contributed by atoms with Gasteiger partial charge in [-0.15, -0.1) is 13.2 Å². The van der Waals surface area contributed by atoms with E-state index >= 15 is 0 Å². The molecule has 1 fully saturated rings. The summed E-state index contributed by atoms with van der Waals surface area (Å²) in [5.74, 6) is -0.616. The number of alkyl halides is 3. The molecule has 0 atom stereocenters. The lowest BCUT2D eigenvalue weighted by Gasteiger charge is -2.26. The molecular weight excluding hydrogens is 515 g/mol. The molecule has 194 valence electrons. The van der Waals surface area contributed by atoms with Crippen LogP contribution >= 0.6 is 11.3 Å². The van der Waals surface area contributed by atoms with Crippen LogP contribution in [0.5, 0.6) is 5.75 Å². The number of carbonyl (C=O) groups is 2. The Morgan fingerprint density at radius 1 is 1.16 bits per heavy atom. The molecule has 37 heavy (non-hydrogen) atoms. The first kappa shape index (κ1) is 24.7. The van der Waals surface area contributed by atoms with Gasteiger partial charge in [-0.3, -0.25) is 14.2 Å². The van der Waals surface area contributed by atoms with Crippen molar-refractivity contribution in [1.29, 1.82) is 0 Å². The first-order valence-corrected chi connectivity index (χ1v) is 11.9. The van der Waals surface area contributed by atoms with E-state index in [4.69, 9.17) is 4.74 Å². The Labute approximate surface area is 211 Å². The number of amides is 2. The molecule has 4 aromatic rings. The van der Waals surface area contributed by atoms with Crippen LogP contribution in [-0.4, -0.2) is 75.4 Å². The fraction of sp³-hybridized carbons (Fsp3) is 0.318. The van der Waals surface area contributed by atoms with Crippen molar-refractivity contribution >= 4 is 55.6 Å². The molecule has 2 N–H and O–H groups in total. The van der Waals surface area contributed by atoms with Crippen LogP contribution in [0.4, 0.5) is 24.3 Å². The maximum absolute atomic E-state index is 12.6. The Balaban J connectivity index is 1.29. The molecule has 2 amide bonds. The zero-order chi connectivity index (χ0) is 26.2. The van der Waals surface area contributed by atoms with E-state index in [0.29, 0.717) is 58.8 Å². The van der Waals surface area contributed by atoms with Crippen molar-refractivity contribution in [3.05, 3.63) is 36.0 Å². The Bertz CT molecular complexity index is 1480. The molecule has 0 bridgehead atoms. The second-order valence-corrected chi connectivity index (χ2v) is 9.09. The number of hydrogen-bond donors (Lipinski definition) is 2. The highest BCUT2D eigenvalue weighted by Crippen LogP contribution is 2.33. The maximum atomic E-state index is 12.6. The average Bonchev–Trinajstić information content (AvgIpc) is 3.41. The quantitative estimate of drug-likeness (QED) is 0.387. The van der Waals surface area contributed by atoms with Gasteiger partial charge in [-0.1, -0.05) is 11.3 Å². The number of aromatic nitrogens is 4. The van der Waals surface area contributed by atoms with Gasteiger partial charge in [0, 0.05) is 32.4 Å². The number of aryl methyl sites for hydroxylation is 1. The number of benzene rings is 1. The Kier molecular flexibility index (Phi) is 6.55. The van der Waals surface area contributed by atoms with Gasteiger partial charge in [-0.2, -0.15) is 0 Å². The number of ether oxygens (including phenoxy) is 2. The van der Waals surface area contributed by atoms with Gasteiger partial charge in [-0.25, -0.2) is 15.0 Å². The van der Waals surface area contributed by atoms with Gasteiger partial charge < -0.3 is 25.0 Å². The molecule has 0 unspecified atom stereocenters. The van der Waals surface area contributed by atoms with Crippen LogP contribution in [0.25, 0.3) is 21.4 Å². The molecule has 0 radical (unpaired) electrons. The second-order valence-electron chi connectivity index (χ2n) is 8.06. The zero-order valence-corrected chi connectivity index (χ0v) is 20.1. The lowest BCUT2D eigenvalue weighted by Crippen LogP contribution is -2.45. The number of imidazole rings is 1. The number of halogens is 3. The summed E-state index contributed by atoms with van der Waals surface area (Å²) in [7, 11) is 1.72. The van der Waals surface area contributed by atoms with E-state index in [1.807, 2.05) is 0 Å². The van der Waals surface area contributed by atoms with Gasteiger partial charge in [-0.05, 0) is 18.2 Å². The standard InChI is InChI=1S/C22H20F3N7O4S/c1-31-18-15(8-12(10-26-18)19(34)27-11-17(33)32-4-6-35-7-5-32)28-20(31)30-21-29-14-3-2-13(9-16(14)37-21)36-22(23,24)25/h2-3,8-10H,4-7,11H2,1H3,(H,27,34)(H,28,29,30). The van der Waals surface area contributed by atoms with Crippen molar-refractivity contribution in [2.24, 2.45) is 7.05 Å². The van der Waals surface area contributed by atoms with Gasteiger partial charge in [0.2, 0.25) is 11.9 Å². The molecule has 11 nitrogen and oxygen atoms in total. The molecular formula is C22H20F3N7O4S. The Morgan fingerprint density at radius 2 is 1.95 bits per heavy atom. The van der Waals surface area contributed by atoms with E-state index in [1.54, 1.807) is 22.6 Å². The summed E-state index contributed by atoms with van der Waals surface area (Å²) in [4.78, 5) is 39.6. The molecule has 15 heteroatoms. The lowest BCUT2D eigenvalue weighted by atomic mass is 10.2. The molecule has 1 aromatic carbocycles. The molecule has 1 saturated heterocycles. The van der Waals surface area contributed by atoms with Crippen molar-refractivity contribution in [3.8, 4) is 5.75 Å². The molecule has 0 spiro atoms. The van der Waals surface area contributed by atoms with E-state index in [1.165, 1.54) is 24.4 Å². The van der Waals surface area contributed by atoms with Crippen LogP contribution < -0.4 is 15.4 Å². The first-order chi connectivity index (χ1) is 17.7. The molecule has 3 aromatic heterocycles. The number of morpholine rings is 1.